The maximum Gasteiger partial charge on any atom is 0.132 e. The Kier molecular flexibility index (Phi) is 14.6. The summed E-state index contributed by atoms with van der Waals surface area (Å²) in [7, 11) is 0.203. The van der Waals surface area contributed by atoms with E-state index in [0.717, 1.165) is 29.4 Å². The number of quaternary nitrogens is 1. The van der Waals surface area contributed by atoms with Crippen molar-refractivity contribution < 1.29 is 13.0 Å². The summed E-state index contributed by atoms with van der Waals surface area (Å²) in [6, 6.07) is 23.7. The van der Waals surface area contributed by atoms with Gasteiger partial charge in [0.15, 0.2) is 0 Å². The first-order valence-corrected chi connectivity index (χ1v) is 16.4. The summed E-state index contributed by atoms with van der Waals surface area (Å²) in [6.07, 6.45) is 14.0. The van der Waals surface area contributed by atoms with Crippen molar-refractivity contribution in [3.05, 3.63) is 95.1 Å². The third-order valence-corrected chi connectivity index (χ3v) is 8.40. The molecule has 5 heteroatoms. The van der Waals surface area contributed by atoms with E-state index in [0.29, 0.717) is 0 Å². The summed E-state index contributed by atoms with van der Waals surface area (Å²) >= 11 is 0. The molecule has 0 saturated carbocycles. The van der Waals surface area contributed by atoms with Crippen molar-refractivity contribution in [1.29, 1.82) is 0 Å². The molecular formula is C35H51NO3S. The normalized spacial score (nSPS) is 11.7. The van der Waals surface area contributed by atoms with Gasteiger partial charge in [-0.3, -0.25) is 4.48 Å². The molecule has 220 valence electrons. The van der Waals surface area contributed by atoms with E-state index in [1.54, 1.807) is 12.1 Å². The quantitative estimate of drug-likeness (QED) is 0.105. The molecule has 0 aromatic heterocycles. The van der Waals surface area contributed by atoms with Crippen LogP contribution in [0.15, 0.2) is 77.7 Å². The Balaban J connectivity index is 0.000000285. The van der Waals surface area contributed by atoms with Crippen LogP contribution in [-0.2, 0) is 23.1 Å². The topological polar surface area (TPSA) is 57.2 Å². The summed E-state index contributed by atoms with van der Waals surface area (Å²) in [5.74, 6) is 0. The highest BCUT2D eigenvalue weighted by Crippen LogP contribution is 2.23. The molecule has 0 fully saturated rings. The van der Waals surface area contributed by atoms with Crippen LogP contribution in [0.1, 0.15) is 93.4 Å². The van der Waals surface area contributed by atoms with Crippen molar-refractivity contribution in [2.24, 2.45) is 0 Å². The summed E-state index contributed by atoms with van der Waals surface area (Å²) in [4.78, 5) is -0.140. The summed E-state index contributed by atoms with van der Waals surface area (Å²) in [5.41, 5.74) is 6.59. The highest BCUT2D eigenvalue weighted by molar-refractivity contribution is 7.85. The number of para-hydroxylation sites is 1. The third-order valence-electron chi connectivity index (χ3n) is 7.55. The molecule has 3 rings (SSSR count). The van der Waals surface area contributed by atoms with Crippen molar-refractivity contribution in [3.8, 4) is 0 Å². The lowest BCUT2D eigenvalue weighted by atomic mass is 10.0. The van der Waals surface area contributed by atoms with Crippen LogP contribution in [0.3, 0.4) is 0 Å². The van der Waals surface area contributed by atoms with Gasteiger partial charge in [0.1, 0.15) is 22.4 Å². The Hall–Kier alpha value is -2.47. The SMILES string of the molecule is CCCCCCCCCCCCc1ccc(S(=O)(=O)[O-])cc1.Cc1ccc(C[N+](C)(C)c2ccccc2)c(C)c1. The Labute approximate surface area is 244 Å². The monoisotopic (exact) mass is 565 g/mol. The van der Waals surface area contributed by atoms with Gasteiger partial charge in [0.2, 0.25) is 0 Å². The molecule has 0 amide bonds. The zero-order valence-electron chi connectivity index (χ0n) is 25.5. The summed E-state index contributed by atoms with van der Waals surface area (Å²) in [6.45, 7) is 7.62. The van der Waals surface area contributed by atoms with Gasteiger partial charge < -0.3 is 4.55 Å². The standard InChI is InChI=1S/C18H30O3S.C17H22N/c1-2-3-4-5-6-7-8-9-10-11-12-17-13-15-18(16-14-17)22(19,20)21;1-14-10-11-16(15(2)12-14)13-18(3,4)17-8-6-5-7-9-17/h13-16H,2-12H2,1H3,(H,19,20,21);5-12H,13H2,1-4H3/q;+1/p-1. The fourth-order valence-electron chi connectivity index (χ4n) is 5.01. The number of rotatable bonds is 15. The highest BCUT2D eigenvalue weighted by Gasteiger charge is 2.20. The van der Waals surface area contributed by atoms with Gasteiger partial charge in [-0.25, -0.2) is 8.42 Å². The maximum atomic E-state index is 10.8. The highest BCUT2D eigenvalue weighted by atomic mass is 32.2. The molecule has 0 N–H and O–H groups in total. The van der Waals surface area contributed by atoms with Crippen molar-refractivity contribution in [3.63, 3.8) is 0 Å². The number of nitrogens with zero attached hydrogens (tertiary/aromatic N) is 1. The second-order valence-corrected chi connectivity index (χ2v) is 13.0. The van der Waals surface area contributed by atoms with E-state index in [-0.39, 0.29) is 4.90 Å². The average molecular weight is 566 g/mol. The van der Waals surface area contributed by atoms with Gasteiger partial charge in [0, 0.05) is 5.56 Å². The molecule has 0 spiro atoms. The van der Waals surface area contributed by atoms with E-state index in [2.05, 4.69) is 83.4 Å². The van der Waals surface area contributed by atoms with E-state index in [1.165, 1.54) is 92.3 Å². The Bertz CT molecular complexity index is 1220. The van der Waals surface area contributed by atoms with E-state index >= 15 is 0 Å². The lowest BCUT2D eigenvalue weighted by molar-refractivity contribution is 0.391. The van der Waals surface area contributed by atoms with Gasteiger partial charge >= 0.3 is 0 Å². The largest absolute Gasteiger partial charge is 0.744 e. The van der Waals surface area contributed by atoms with Gasteiger partial charge in [0.25, 0.3) is 0 Å². The van der Waals surface area contributed by atoms with Crippen molar-refractivity contribution in [2.75, 3.05) is 14.1 Å². The molecule has 0 aliphatic rings. The van der Waals surface area contributed by atoms with Crippen LogP contribution >= 0.6 is 0 Å². The minimum Gasteiger partial charge on any atom is -0.744 e. The molecular weight excluding hydrogens is 514 g/mol. The molecule has 0 unspecified atom stereocenters. The predicted molar refractivity (Wildman–Crippen MR) is 170 cm³/mol. The van der Waals surface area contributed by atoms with Gasteiger partial charge in [0.05, 0.1) is 19.0 Å². The third kappa shape index (κ3) is 12.8. The Morgan fingerprint density at radius 1 is 0.700 bits per heavy atom. The number of hydrogen-bond acceptors (Lipinski definition) is 3. The second-order valence-electron chi connectivity index (χ2n) is 11.6. The lowest BCUT2D eigenvalue weighted by Crippen LogP contribution is -2.39. The predicted octanol–water partition coefficient (Wildman–Crippen LogP) is 9.12. The molecule has 3 aromatic carbocycles. The average Bonchev–Trinajstić information content (AvgIpc) is 2.92. The zero-order valence-corrected chi connectivity index (χ0v) is 26.3. The minimum absolute atomic E-state index is 0.140. The lowest BCUT2D eigenvalue weighted by Gasteiger charge is -2.30. The van der Waals surface area contributed by atoms with E-state index in [4.69, 9.17) is 0 Å². The van der Waals surface area contributed by atoms with Crippen LogP contribution < -0.4 is 4.48 Å². The minimum atomic E-state index is -4.31. The van der Waals surface area contributed by atoms with Crippen LogP contribution in [0.25, 0.3) is 0 Å². The molecule has 4 nitrogen and oxygen atoms in total. The van der Waals surface area contributed by atoms with Gasteiger partial charge in [-0.1, -0.05) is 119 Å². The van der Waals surface area contributed by atoms with Gasteiger partial charge in [-0.15, -0.1) is 0 Å². The van der Waals surface area contributed by atoms with Crippen LogP contribution in [0.4, 0.5) is 5.69 Å². The fourth-order valence-corrected chi connectivity index (χ4v) is 5.48. The Morgan fingerprint density at radius 2 is 1.25 bits per heavy atom. The molecule has 0 saturated heterocycles. The summed E-state index contributed by atoms with van der Waals surface area (Å²) in [5, 5.41) is 0. The Morgan fingerprint density at radius 3 is 1.77 bits per heavy atom. The van der Waals surface area contributed by atoms with Crippen molar-refractivity contribution in [2.45, 2.75) is 103 Å². The first kappa shape index (κ1) is 33.7. The maximum absolute atomic E-state index is 10.8. The molecule has 0 aliphatic carbocycles. The van der Waals surface area contributed by atoms with Crippen LogP contribution in [0.2, 0.25) is 0 Å². The first-order valence-electron chi connectivity index (χ1n) is 15.0. The molecule has 0 atom stereocenters. The van der Waals surface area contributed by atoms with E-state index < -0.39 is 10.1 Å². The van der Waals surface area contributed by atoms with Crippen molar-refractivity contribution >= 4 is 15.8 Å². The molecule has 3 aromatic rings. The fraction of sp³-hybridized carbons (Fsp3) is 0.486. The van der Waals surface area contributed by atoms with Gasteiger partial charge in [-0.05, 0) is 62.1 Å². The molecule has 0 radical (unpaired) electrons. The number of benzene rings is 3. The van der Waals surface area contributed by atoms with Crippen LogP contribution in [0.5, 0.6) is 0 Å². The number of aryl methyl sites for hydroxylation is 3. The number of hydrogen-bond donors (Lipinski definition) is 0. The summed E-state index contributed by atoms with van der Waals surface area (Å²) < 4.78 is 33.4. The zero-order chi connectivity index (χ0) is 29.4. The molecule has 0 bridgehead atoms. The van der Waals surface area contributed by atoms with Crippen LogP contribution in [-0.4, -0.2) is 27.1 Å². The second kappa shape index (κ2) is 17.4. The van der Waals surface area contributed by atoms with E-state index in [1.807, 2.05) is 0 Å². The molecule has 0 heterocycles. The number of unbranched alkanes of at least 4 members (excludes halogenated alkanes) is 9. The van der Waals surface area contributed by atoms with Gasteiger partial charge in [-0.2, -0.15) is 0 Å². The van der Waals surface area contributed by atoms with E-state index in [9.17, 15) is 13.0 Å². The smallest absolute Gasteiger partial charge is 0.132 e. The van der Waals surface area contributed by atoms with Crippen molar-refractivity contribution in [1.82, 2.24) is 4.48 Å². The molecule has 0 aliphatic heterocycles. The first-order chi connectivity index (χ1) is 19.0. The van der Waals surface area contributed by atoms with Crippen LogP contribution in [0, 0.1) is 13.8 Å². The molecule has 40 heavy (non-hydrogen) atoms.